The van der Waals surface area contributed by atoms with Gasteiger partial charge < -0.3 is 15.1 Å². The summed E-state index contributed by atoms with van der Waals surface area (Å²) in [7, 11) is 0. The van der Waals surface area contributed by atoms with E-state index in [4.69, 9.17) is 0 Å². The molecule has 1 aromatic rings. The third-order valence-electron chi connectivity index (χ3n) is 4.69. The Bertz CT molecular complexity index is 587. The zero-order chi connectivity index (χ0) is 16.2. The van der Waals surface area contributed by atoms with Crippen LogP contribution in [0.15, 0.2) is 24.3 Å². The van der Waals surface area contributed by atoms with E-state index in [9.17, 15) is 9.59 Å². The quantitative estimate of drug-likeness (QED) is 0.907. The third-order valence-corrected chi connectivity index (χ3v) is 4.69. The number of para-hydroxylation sites is 2. The zero-order valence-electron chi connectivity index (χ0n) is 13.8. The molecule has 2 aliphatic rings. The first-order chi connectivity index (χ1) is 11.2. The van der Waals surface area contributed by atoms with Gasteiger partial charge in [0.25, 0.3) is 0 Å². The normalized spacial score (nSPS) is 19.3. The van der Waals surface area contributed by atoms with Crippen molar-refractivity contribution in [3.8, 4) is 0 Å². The van der Waals surface area contributed by atoms with Gasteiger partial charge in [-0.05, 0) is 31.4 Å². The predicted octanol–water partition coefficient (Wildman–Crippen LogP) is 2.31. The van der Waals surface area contributed by atoms with Crippen molar-refractivity contribution >= 4 is 23.2 Å². The second-order valence-corrected chi connectivity index (χ2v) is 6.33. The molecule has 0 saturated carbocycles. The lowest BCUT2D eigenvalue weighted by Gasteiger charge is -2.40. The minimum absolute atomic E-state index is 0.0343. The summed E-state index contributed by atoms with van der Waals surface area (Å²) in [6.07, 6.45) is 3.77. The Morgan fingerprint density at radius 3 is 2.78 bits per heavy atom. The smallest absolute Gasteiger partial charge is 0.227 e. The van der Waals surface area contributed by atoms with Gasteiger partial charge in [-0.25, -0.2) is 0 Å². The van der Waals surface area contributed by atoms with E-state index in [-0.39, 0.29) is 24.7 Å². The molecule has 23 heavy (non-hydrogen) atoms. The average molecular weight is 315 g/mol. The molecule has 0 spiro atoms. The largest absolute Gasteiger partial charge is 0.365 e. The van der Waals surface area contributed by atoms with Crippen molar-refractivity contribution in [2.45, 2.75) is 45.1 Å². The van der Waals surface area contributed by atoms with E-state index in [2.05, 4.69) is 16.3 Å². The van der Waals surface area contributed by atoms with E-state index >= 15 is 0 Å². The number of benzene rings is 1. The molecule has 2 amide bonds. The number of hydrogen-bond donors (Lipinski definition) is 1. The van der Waals surface area contributed by atoms with Gasteiger partial charge in [-0.1, -0.05) is 19.1 Å². The van der Waals surface area contributed by atoms with Gasteiger partial charge in [0.2, 0.25) is 11.8 Å². The Hall–Kier alpha value is -2.04. The highest BCUT2D eigenvalue weighted by atomic mass is 16.2. The molecule has 1 atom stereocenters. The summed E-state index contributed by atoms with van der Waals surface area (Å²) in [4.78, 5) is 28.7. The van der Waals surface area contributed by atoms with Crippen LogP contribution in [0.25, 0.3) is 0 Å². The lowest BCUT2D eigenvalue weighted by Crippen LogP contribution is -2.48. The summed E-state index contributed by atoms with van der Waals surface area (Å²) < 4.78 is 0. The maximum absolute atomic E-state index is 12.7. The van der Waals surface area contributed by atoms with Gasteiger partial charge >= 0.3 is 0 Å². The lowest BCUT2D eigenvalue weighted by atomic mass is 10.1. The molecule has 2 aliphatic heterocycles. The average Bonchev–Trinajstić information content (AvgIpc) is 3.05. The number of fused-ring (bicyclic) bond motifs is 3. The molecule has 124 valence electrons. The van der Waals surface area contributed by atoms with E-state index in [0.29, 0.717) is 12.6 Å². The molecular formula is C18H25N3O2. The molecule has 0 aromatic heterocycles. The Morgan fingerprint density at radius 1 is 1.22 bits per heavy atom. The van der Waals surface area contributed by atoms with Crippen LogP contribution in [0, 0.1) is 0 Å². The van der Waals surface area contributed by atoms with Gasteiger partial charge in [0, 0.05) is 38.5 Å². The molecule has 1 unspecified atom stereocenters. The highest BCUT2D eigenvalue weighted by molar-refractivity contribution is 5.99. The number of hydrogen-bond acceptors (Lipinski definition) is 3. The highest BCUT2D eigenvalue weighted by Gasteiger charge is 2.35. The fourth-order valence-corrected chi connectivity index (χ4v) is 3.53. The Kier molecular flexibility index (Phi) is 4.84. The van der Waals surface area contributed by atoms with Crippen LogP contribution in [0.3, 0.4) is 0 Å². The number of carbonyl (C=O) groups is 2. The van der Waals surface area contributed by atoms with Crippen LogP contribution in [0.4, 0.5) is 11.4 Å². The van der Waals surface area contributed by atoms with Crippen molar-refractivity contribution in [2.75, 3.05) is 29.4 Å². The SMILES string of the molecule is CCCNC(=O)CCC(=O)N1CC2CCCN2c2ccccc21. The second kappa shape index (κ2) is 7.02. The summed E-state index contributed by atoms with van der Waals surface area (Å²) >= 11 is 0. The zero-order valence-corrected chi connectivity index (χ0v) is 13.8. The number of nitrogens with zero attached hydrogens (tertiary/aromatic N) is 2. The summed E-state index contributed by atoms with van der Waals surface area (Å²) in [6, 6.07) is 8.53. The van der Waals surface area contributed by atoms with Gasteiger partial charge in [0.15, 0.2) is 0 Å². The summed E-state index contributed by atoms with van der Waals surface area (Å²) in [5, 5.41) is 2.83. The van der Waals surface area contributed by atoms with Crippen LogP contribution in [-0.4, -0.2) is 37.5 Å². The Morgan fingerprint density at radius 2 is 2.00 bits per heavy atom. The fraction of sp³-hybridized carbons (Fsp3) is 0.556. The Balaban J connectivity index is 1.68. The molecule has 0 aliphatic carbocycles. The first-order valence-corrected chi connectivity index (χ1v) is 8.63. The third kappa shape index (κ3) is 3.33. The topological polar surface area (TPSA) is 52.7 Å². The van der Waals surface area contributed by atoms with Crippen LogP contribution in [-0.2, 0) is 9.59 Å². The van der Waals surface area contributed by atoms with Crippen LogP contribution in [0.5, 0.6) is 0 Å². The molecule has 2 heterocycles. The first-order valence-electron chi connectivity index (χ1n) is 8.63. The maximum Gasteiger partial charge on any atom is 0.227 e. The highest BCUT2D eigenvalue weighted by Crippen LogP contribution is 2.39. The molecule has 5 nitrogen and oxygen atoms in total. The van der Waals surface area contributed by atoms with Gasteiger partial charge in [-0.15, -0.1) is 0 Å². The minimum atomic E-state index is -0.0343. The molecule has 1 aromatic carbocycles. The summed E-state index contributed by atoms with van der Waals surface area (Å²) in [5.74, 6) is 0.0173. The molecule has 1 saturated heterocycles. The molecule has 1 N–H and O–H groups in total. The summed E-state index contributed by atoms with van der Waals surface area (Å²) in [6.45, 7) is 4.51. The van der Waals surface area contributed by atoms with Gasteiger partial charge in [-0.3, -0.25) is 9.59 Å². The first kappa shape index (κ1) is 15.8. The Labute approximate surface area is 137 Å². The molecule has 0 radical (unpaired) electrons. The van der Waals surface area contributed by atoms with E-state index < -0.39 is 0 Å². The van der Waals surface area contributed by atoms with Crippen LogP contribution < -0.4 is 15.1 Å². The number of carbonyl (C=O) groups excluding carboxylic acids is 2. The van der Waals surface area contributed by atoms with E-state index in [1.807, 2.05) is 30.0 Å². The number of nitrogens with one attached hydrogen (secondary N) is 1. The molecule has 1 fully saturated rings. The number of amides is 2. The van der Waals surface area contributed by atoms with Crippen LogP contribution >= 0.6 is 0 Å². The van der Waals surface area contributed by atoms with Crippen molar-refractivity contribution < 1.29 is 9.59 Å². The van der Waals surface area contributed by atoms with Gasteiger partial charge in [0.1, 0.15) is 0 Å². The van der Waals surface area contributed by atoms with Gasteiger partial charge in [0.05, 0.1) is 11.4 Å². The van der Waals surface area contributed by atoms with Gasteiger partial charge in [-0.2, -0.15) is 0 Å². The van der Waals surface area contributed by atoms with Crippen LogP contribution in [0.2, 0.25) is 0 Å². The minimum Gasteiger partial charge on any atom is -0.365 e. The fourth-order valence-electron chi connectivity index (χ4n) is 3.53. The van der Waals surface area contributed by atoms with Crippen molar-refractivity contribution in [1.82, 2.24) is 5.32 Å². The van der Waals surface area contributed by atoms with Crippen molar-refractivity contribution in [3.63, 3.8) is 0 Å². The maximum atomic E-state index is 12.7. The molecule has 3 rings (SSSR count). The van der Waals surface area contributed by atoms with Crippen molar-refractivity contribution in [2.24, 2.45) is 0 Å². The van der Waals surface area contributed by atoms with E-state index in [0.717, 1.165) is 37.3 Å². The lowest BCUT2D eigenvalue weighted by molar-refractivity contribution is -0.125. The molecular weight excluding hydrogens is 290 g/mol. The number of anilines is 2. The van der Waals surface area contributed by atoms with Crippen LogP contribution in [0.1, 0.15) is 39.0 Å². The van der Waals surface area contributed by atoms with Crippen molar-refractivity contribution in [1.29, 1.82) is 0 Å². The van der Waals surface area contributed by atoms with Crippen molar-refractivity contribution in [3.05, 3.63) is 24.3 Å². The monoisotopic (exact) mass is 315 g/mol. The van der Waals surface area contributed by atoms with E-state index in [1.165, 1.54) is 6.42 Å². The number of rotatable bonds is 5. The summed E-state index contributed by atoms with van der Waals surface area (Å²) in [5.41, 5.74) is 2.15. The molecule has 5 heteroatoms. The second-order valence-electron chi connectivity index (χ2n) is 6.33. The standard InChI is InChI=1S/C18H25N3O2/c1-2-11-19-17(22)9-10-18(23)21-13-14-6-5-12-20(14)15-7-3-4-8-16(15)21/h3-4,7-8,14H,2,5-6,9-13H2,1H3,(H,19,22). The predicted molar refractivity (Wildman–Crippen MR) is 91.7 cm³/mol. The molecule has 0 bridgehead atoms. The van der Waals surface area contributed by atoms with E-state index in [1.54, 1.807) is 0 Å².